The minimum absolute atomic E-state index is 0.000673. The van der Waals surface area contributed by atoms with Gasteiger partial charge in [0.05, 0.1) is 5.56 Å². The van der Waals surface area contributed by atoms with Gasteiger partial charge in [0.2, 0.25) is 0 Å². The van der Waals surface area contributed by atoms with Crippen molar-refractivity contribution in [1.29, 1.82) is 0 Å². The van der Waals surface area contributed by atoms with Crippen LogP contribution in [0.2, 0.25) is 0 Å². The van der Waals surface area contributed by atoms with Crippen molar-refractivity contribution >= 4 is 22.2 Å². The lowest BCUT2D eigenvalue weighted by Crippen LogP contribution is -2.38. The summed E-state index contributed by atoms with van der Waals surface area (Å²) >= 11 is 1.70. The number of phenols is 1. The van der Waals surface area contributed by atoms with Gasteiger partial charge in [0.25, 0.3) is 5.91 Å². The third-order valence-corrected chi connectivity index (χ3v) is 5.74. The Balaban J connectivity index is 1.66. The Labute approximate surface area is 138 Å². The topological polar surface area (TPSA) is 64.6 Å². The van der Waals surface area contributed by atoms with Crippen LogP contribution in [0.1, 0.15) is 39.5 Å². The van der Waals surface area contributed by atoms with Crippen LogP contribution >= 0.6 is 11.3 Å². The van der Waals surface area contributed by atoms with E-state index in [2.05, 4.69) is 22.5 Å². The summed E-state index contributed by atoms with van der Waals surface area (Å²) in [7, 11) is 0. The molecule has 0 radical (unpaired) electrons. The summed E-state index contributed by atoms with van der Waals surface area (Å²) in [5.41, 5.74) is 2.97. The van der Waals surface area contributed by atoms with Gasteiger partial charge in [-0.15, -0.1) is 11.3 Å². The zero-order valence-electron chi connectivity index (χ0n) is 12.9. The molecule has 2 aromatic rings. The average molecular weight is 329 g/mol. The summed E-state index contributed by atoms with van der Waals surface area (Å²) < 4.78 is 0. The van der Waals surface area contributed by atoms with Gasteiger partial charge in [-0.25, -0.2) is 0 Å². The maximum absolute atomic E-state index is 12.6. The molecule has 0 saturated heterocycles. The van der Waals surface area contributed by atoms with Gasteiger partial charge in [-0.1, -0.05) is 19.1 Å². The Morgan fingerprint density at radius 1 is 1.30 bits per heavy atom. The molecule has 0 aliphatic carbocycles. The number of benzene rings is 1. The first-order valence-corrected chi connectivity index (χ1v) is 8.70. The number of carbonyl (C=O) groups excluding carboxylic acids is 1. The minimum Gasteiger partial charge on any atom is -0.508 e. The lowest BCUT2D eigenvalue weighted by atomic mass is 10.0. The van der Waals surface area contributed by atoms with Crippen LogP contribution in [0.3, 0.4) is 0 Å². The lowest BCUT2D eigenvalue weighted by molar-refractivity contribution is 0.0934. The maximum atomic E-state index is 12.6. The molecule has 1 aromatic heterocycles. The predicted octanol–water partition coefficient (Wildman–Crippen LogP) is 2.69. The third kappa shape index (κ3) is 2.48. The van der Waals surface area contributed by atoms with Crippen molar-refractivity contribution < 1.29 is 9.90 Å². The standard InChI is InChI=1S/C17H19N3O2S/c1-2-20-8-7-12-13(9-20)23-17-14(12)16(22)18-15(19-17)10-3-5-11(21)6-4-10/h3-6,15,19,21H,2,7-9H2,1H3,(H,18,22)/t15-/m1/s1. The number of hydrogen-bond donors (Lipinski definition) is 3. The molecule has 1 amide bonds. The van der Waals surface area contributed by atoms with Crippen molar-refractivity contribution in [3.8, 4) is 5.75 Å². The van der Waals surface area contributed by atoms with Gasteiger partial charge in [-0.3, -0.25) is 9.69 Å². The lowest BCUT2D eigenvalue weighted by Gasteiger charge is -2.28. The van der Waals surface area contributed by atoms with Crippen molar-refractivity contribution in [2.45, 2.75) is 26.1 Å². The number of nitrogens with one attached hydrogen (secondary N) is 2. The number of aromatic hydroxyl groups is 1. The number of fused-ring (bicyclic) bond motifs is 3. The molecule has 0 bridgehead atoms. The third-order valence-electron chi connectivity index (χ3n) is 4.59. The second-order valence-corrected chi connectivity index (χ2v) is 7.07. The fourth-order valence-electron chi connectivity index (χ4n) is 3.27. The van der Waals surface area contributed by atoms with Gasteiger partial charge in [0.15, 0.2) is 0 Å². The molecule has 0 unspecified atom stereocenters. The second kappa shape index (κ2) is 5.54. The van der Waals surface area contributed by atoms with Gasteiger partial charge >= 0.3 is 0 Å². The molecule has 0 spiro atoms. The number of carbonyl (C=O) groups is 1. The van der Waals surface area contributed by atoms with Crippen molar-refractivity contribution in [3.63, 3.8) is 0 Å². The van der Waals surface area contributed by atoms with Gasteiger partial charge < -0.3 is 15.7 Å². The van der Waals surface area contributed by atoms with Crippen LogP contribution in [0.25, 0.3) is 0 Å². The van der Waals surface area contributed by atoms with E-state index in [1.807, 2.05) is 12.1 Å². The van der Waals surface area contributed by atoms with E-state index < -0.39 is 0 Å². The van der Waals surface area contributed by atoms with Crippen LogP contribution < -0.4 is 10.6 Å². The van der Waals surface area contributed by atoms with E-state index >= 15 is 0 Å². The molecule has 2 aliphatic heterocycles. The smallest absolute Gasteiger partial charge is 0.256 e. The number of likely N-dealkylation sites (N-methyl/N-ethyl adjacent to an activating group) is 1. The zero-order valence-corrected chi connectivity index (χ0v) is 13.7. The van der Waals surface area contributed by atoms with Crippen molar-refractivity contribution in [3.05, 3.63) is 45.8 Å². The first-order valence-electron chi connectivity index (χ1n) is 7.89. The molecule has 6 heteroatoms. The Morgan fingerprint density at radius 3 is 2.83 bits per heavy atom. The summed E-state index contributed by atoms with van der Waals surface area (Å²) in [4.78, 5) is 16.3. The van der Waals surface area contributed by atoms with Gasteiger partial charge in [-0.2, -0.15) is 0 Å². The summed E-state index contributed by atoms with van der Waals surface area (Å²) in [5, 5.41) is 16.9. The largest absolute Gasteiger partial charge is 0.508 e. The van der Waals surface area contributed by atoms with Crippen LogP contribution in [-0.4, -0.2) is 29.0 Å². The van der Waals surface area contributed by atoms with E-state index in [1.54, 1.807) is 23.5 Å². The van der Waals surface area contributed by atoms with Crippen LogP contribution in [0.5, 0.6) is 5.75 Å². The first kappa shape index (κ1) is 14.5. The maximum Gasteiger partial charge on any atom is 0.256 e. The predicted molar refractivity (Wildman–Crippen MR) is 90.9 cm³/mol. The molecule has 3 N–H and O–H groups in total. The second-order valence-electron chi connectivity index (χ2n) is 5.97. The molecule has 4 rings (SSSR count). The van der Waals surface area contributed by atoms with Crippen LogP contribution in [0, 0.1) is 0 Å². The normalized spacial score (nSPS) is 20.4. The molecule has 1 atom stereocenters. The molecule has 0 fully saturated rings. The van der Waals surface area contributed by atoms with Gasteiger partial charge in [-0.05, 0) is 36.2 Å². The zero-order chi connectivity index (χ0) is 16.0. The highest BCUT2D eigenvalue weighted by atomic mass is 32.1. The molecule has 2 aliphatic rings. The molecule has 5 nitrogen and oxygen atoms in total. The Kier molecular flexibility index (Phi) is 3.50. The highest BCUT2D eigenvalue weighted by Crippen LogP contribution is 2.40. The fraction of sp³-hybridized carbons (Fsp3) is 0.353. The Morgan fingerprint density at radius 2 is 2.09 bits per heavy atom. The number of rotatable bonds is 2. The quantitative estimate of drug-likeness (QED) is 0.793. The SMILES string of the molecule is CCN1CCc2c(sc3c2C(=O)N[C@@H](c2ccc(O)cc2)N3)C1. The van der Waals surface area contributed by atoms with E-state index in [0.717, 1.165) is 42.2 Å². The number of amides is 1. The van der Waals surface area contributed by atoms with Crippen molar-refractivity contribution in [2.75, 3.05) is 18.4 Å². The molecular weight excluding hydrogens is 310 g/mol. The number of anilines is 1. The van der Waals surface area contributed by atoms with Crippen molar-refractivity contribution in [2.24, 2.45) is 0 Å². The fourth-order valence-corrected chi connectivity index (χ4v) is 4.59. The number of thiophene rings is 1. The van der Waals surface area contributed by atoms with Gasteiger partial charge in [0.1, 0.15) is 16.9 Å². The highest BCUT2D eigenvalue weighted by Gasteiger charge is 2.32. The summed E-state index contributed by atoms with van der Waals surface area (Å²) in [6, 6.07) is 6.92. The number of hydrogen-bond acceptors (Lipinski definition) is 5. The molecule has 1 aromatic carbocycles. The van der Waals surface area contributed by atoms with Crippen molar-refractivity contribution in [1.82, 2.24) is 10.2 Å². The molecule has 120 valence electrons. The number of phenolic OH excluding ortho intramolecular Hbond substituents is 1. The summed E-state index contributed by atoms with van der Waals surface area (Å²) in [6.07, 6.45) is 0.687. The summed E-state index contributed by atoms with van der Waals surface area (Å²) in [5.74, 6) is 0.224. The van der Waals surface area contributed by atoms with E-state index in [0.29, 0.717) is 0 Å². The number of nitrogens with zero attached hydrogens (tertiary/aromatic N) is 1. The highest BCUT2D eigenvalue weighted by molar-refractivity contribution is 7.16. The minimum atomic E-state index is -0.252. The van der Waals surface area contributed by atoms with E-state index in [1.165, 1.54) is 10.4 Å². The Bertz CT molecular complexity index is 754. The van der Waals surface area contributed by atoms with Gasteiger partial charge in [0, 0.05) is 18.0 Å². The monoisotopic (exact) mass is 329 g/mol. The summed E-state index contributed by atoms with van der Waals surface area (Å²) in [6.45, 7) is 5.16. The van der Waals surface area contributed by atoms with E-state index in [9.17, 15) is 9.90 Å². The van der Waals surface area contributed by atoms with Crippen LogP contribution in [-0.2, 0) is 13.0 Å². The molecule has 23 heavy (non-hydrogen) atoms. The van der Waals surface area contributed by atoms with Crippen LogP contribution in [0.4, 0.5) is 5.00 Å². The van der Waals surface area contributed by atoms with E-state index in [4.69, 9.17) is 0 Å². The molecular formula is C17H19N3O2S. The first-order chi connectivity index (χ1) is 11.2. The molecule has 3 heterocycles. The Hall–Kier alpha value is -2.05. The average Bonchev–Trinajstić information content (AvgIpc) is 2.93. The molecule has 0 saturated carbocycles. The van der Waals surface area contributed by atoms with E-state index in [-0.39, 0.29) is 17.8 Å². The van der Waals surface area contributed by atoms with Crippen LogP contribution in [0.15, 0.2) is 24.3 Å².